The molecule has 0 radical (unpaired) electrons. The van der Waals surface area contributed by atoms with Crippen LogP contribution in [0, 0.1) is 23.7 Å². The van der Waals surface area contributed by atoms with Gasteiger partial charge in [-0.3, -0.25) is 19.2 Å². The van der Waals surface area contributed by atoms with Crippen molar-refractivity contribution < 1.29 is 38.5 Å². The molecule has 0 aliphatic carbocycles. The average Bonchev–Trinajstić information content (AvgIpc) is 2.77. The number of nitrogens with two attached hydrogens (primary N) is 1. The van der Waals surface area contributed by atoms with Crippen LogP contribution in [-0.2, 0) is 23.9 Å². The fourth-order valence-electron chi connectivity index (χ4n) is 3.02. The lowest BCUT2D eigenvalue weighted by Gasteiger charge is -2.28. The number of carboxylic acid groups (broad SMARTS) is 1. The monoisotopic (exact) mass is 479 g/mol. The molecule has 34 heavy (non-hydrogen) atoms. The van der Waals surface area contributed by atoms with E-state index < -0.39 is 47.6 Å². The van der Waals surface area contributed by atoms with Crippen LogP contribution in [0.2, 0.25) is 0 Å². The van der Waals surface area contributed by atoms with Gasteiger partial charge in [0, 0.05) is 5.92 Å². The molecular formula is C25H37NO8. The number of carboxylic acids is 1. The first-order chi connectivity index (χ1) is 15.8. The van der Waals surface area contributed by atoms with E-state index >= 15 is 0 Å². The van der Waals surface area contributed by atoms with Gasteiger partial charge < -0.3 is 25.1 Å². The number of esters is 3. The lowest BCUT2D eigenvalue weighted by molar-refractivity contribution is -0.149. The molecule has 190 valence electrons. The van der Waals surface area contributed by atoms with Gasteiger partial charge in [0.25, 0.3) is 0 Å². The van der Waals surface area contributed by atoms with Gasteiger partial charge in [-0.15, -0.1) is 0 Å². The van der Waals surface area contributed by atoms with Crippen LogP contribution in [0.3, 0.4) is 0 Å². The molecule has 0 saturated heterocycles. The third kappa shape index (κ3) is 8.13. The Labute approximate surface area is 200 Å². The molecule has 1 rings (SSSR count). The first-order valence-electron chi connectivity index (χ1n) is 11.5. The second-order valence-corrected chi connectivity index (χ2v) is 9.16. The summed E-state index contributed by atoms with van der Waals surface area (Å²) in [5.41, 5.74) is 6.45. The highest BCUT2D eigenvalue weighted by Gasteiger charge is 2.33. The Kier molecular flexibility index (Phi) is 11.2. The average molecular weight is 480 g/mol. The molecule has 9 heteroatoms. The van der Waals surface area contributed by atoms with Crippen LogP contribution < -0.4 is 15.2 Å². The standard InChI is InChI=1S/C25H37NO8/c1-8-15(6)25(31)32-12-16(7)20(21(26)22(27)28)17-9-10-18(33-23(29)13(2)3)19(11-17)34-24(30)14(4)5/h9-11,13-16,20-21H,8,12,26H2,1-7H3,(H,27,28)/t15?,16?,20?,21-/m0/s1. The number of carbonyl (C=O) groups excluding carboxylic acids is 3. The van der Waals surface area contributed by atoms with Crippen molar-refractivity contribution in [2.75, 3.05) is 6.61 Å². The molecule has 0 bridgehead atoms. The number of benzene rings is 1. The van der Waals surface area contributed by atoms with Gasteiger partial charge in [0.2, 0.25) is 0 Å². The van der Waals surface area contributed by atoms with Crippen molar-refractivity contribution in [3.05, 3.63) is 23.8 Å². The summed E-state index contributed by atoms with van der Waals surface area (Å²) in [7, 11) is 0. The van der Waals surface area contributed by atoms with E-state index in [-0.39, 0.29) is 30.0 Å². The predicted molar refractivity (Wildman–Crippen MR) is 125 cm³/mol. The molecule has 0 aromatic heterocycles. The van der Waals surface area contributed by atoms with Gasteiger partial charge in [-0.25, -0.2) is 0 Å². The molecular weight excluding hydrogens is 442 g/mol. The highest BCUT2D eigenvalue weighted by Crippen LogP contribution is 2.36. The van der Waals surface area contributed by atoms with Crippen molar-refractivity contribution in [1.82, 2.24) is 0 Å². The van der Waals surface area contributed by atoms with E-state index in [1.54, 1.807) is 47.6 Å². The van der Waals surface area contributed by atoms with E-state index in [9.17, 15) is 24.3 Å². The van der Waals surface area contributed by atoms with Crippen molar-refractivity contribution in [2.45, 2.75) is 66.8 Å². The molecule has 0 saturated carbocycles. The Balaban J connectivity index is 3.38. The van der Waals surface area contributed by atoms with Gasteiger partial charge >= 0.3 is 23.9 Å². The zero-order chi connectivity index (χ0) is 26.2. The number of carbonyl (C=O) groups is 4. The van der Waals surface area contributed by atoms with Crippen LogP contribution in [0.15, 0.2) is 18.2 Å². The van der Waals surface area contributed by atoms with E-state index in [1.165, 1.54) is 12.1 Å². The van der Waals surface area contributed by atoms with Crippen LogP contribution in [0.1, 0.15) is 66.4 Å². The largest absolute Gasteiger partial charge is 0.480 e. The molecule has 0 fully saturated rings. The van der Waals surface area contributed by atoms with E-state index in [0.717, 1.165) is 0 Å². The summed E-state index contributed by atoms with van der Waals surface area (Å²) >= 11 is 0. The zero-order valence-corrected chi connectivity index (χ0v) is 21.0. The summed E-state index contributed by atoms with van der Waals surface area (Å²) in [6, 6.07) is 3.13. The molecule has 4 atom stereocenters. The van der Waals surface area contributed by atoms with Gasteiger partial charge in [0.15, 0.2) is 11.5 Å². The molecule has 0 aliphatic heterocycles. The summed E-state index contributed by atoms with van der Waals surface area (Å²) < 4.78 is 16.2. The van der Waals surface area contributed by atoms with E-state index in [4.69, 9.17) is 19.9 Å². The molecule has 0 amide bonds. The first-order valence-corrected chi connectivity index (χ1v) is 11.5. The van der Waals surface area contributed by atoms with Crippen LogP contribution in [-0.4, -0.2) is 41.6 Å². The maximum Gasteiger partial charge on any atom is 0.321 e. The van der Waals surface area contributed by atoms with Crippen LogP contribution in [0.25, 0.3) is 0 Å². The highest BCUT2D eigenvalue weighted by atomic mass is 16.6. The van der Waals surface area contributed by atoms with Gasteiger partial charge in [-0.2, -0.15) is 0 Å². The Bertz CT molecular complexity index is 880. The third-order valence-corrected chi connectivity index (χ3v) is 5.50. The van der Waals surface area contributed by atoms with Crippen molar-refractivity contribution in [3.63, 3.8) is 0 Å². The number of hydrogen-bond acceptors (Lipinski definition) is 8. The Morgan fingerprint density at radius 1 is 0.882 bits per heavy atom. The number of rotatable bonds is 12. The lowest BCUT2D eigenvalue weighted by atomic mass is 9.82. The molecule has 0 spiro atoms. The topological polar surface area (TPSA) is 142 Å². The number of aliphatic carboxylic acids is 1. The fourth-order valence-corrected chi connectivity index (χ4v) is 3.02. The summed E-state index contributed by atoms with van der Waals surface area (Å²) in [6.07, 6.45) is 0.617. The molecule has 1 aromatic rings. The zero-order valence-electron chi connectivity index (χ0n) is 21.0. The van der Waals surface area contributed by atoms with Crippen LogP contribution in [0.4, 0.5) is 0 Å². The molecule has 9 nitrogen and oxygen atoms in total. The van der Waals surface area contributed by atoms with E-state index in [2.05, 4.69) is 0 Å². The Hall–Kier alpha value is -2.94. The van der Waals surface area contributed by atoms with Gasteiger partial charge in [-0.05, 0) is 30.0 Å². The van der Waals surface area contributed by atoms with Crippen molar-refractivity contribution in [1.29, 1.82) is 0 Å². The van der Waals surface area contributed by atoms with Gasteiger partial charge in [0.05, 0.1) is 24.4 Å². The maximum atomic E-state index is 12.3. The smallest absolute Gasteiger partial charge is 0.321 e. The van der Waals surface area contributed by atoms with Crippen LogP contribution in [0.5, 0.6) is 11.5 Å². The van der Waals surface area contributed by atoms with E-state index in [0.29, 0.717) is 12.0 Å². The molecule has 0 heterocycles. The summed E-state index contributed by atoms with van der Waals surface area (Å²) in [5.74, 6) is -5.06. The van der Waals surface area contributed by atoms with Gasteiger partial charge in [0.1, 0.15) is 6.04 Å². The van der Waals surface area contributed by atoms with Crippen molar-refractivity contribution >= 4 is 23.9 Å². The van der Waals surface area contributed by atoms with Crippen molar-refractivity contribution in [2.24, 2.45) is 29.4 Å². The Morgan fingerprint density at radius 2 is 1.41 bits per heavy atom. The lowest BCUT2D eigenvalue weighted by Crippen LogP contribution is -2.40. The number of hydrogen-bond donors (Lipinski definition) is 2. The highest BCUT2D eigenvalue weighted by molar-refractivity contribution is 5.78. The molecule has 3 unspecified atom stereocenters. The minimum absolute atomic E-state index is 0.0170. The normalized spacial score (nSPS) is 14.8. The van der Waals surface area contributed by atoms with E-state index in [1.807, 2.05) is 6.92 Å². The minimum Gasteiger partial charge on any atom is -0.480 e. The predicted octanol–water partition coefficient (Wildman–Crippen LogP) is 3.53. The van der Waals surface area contributed by atoms with Crippen LogP contribution >= 0.6 is 0 Å². The maximum absolute atomic E-state index is 12.3. The number of ether oxygens (including phenoxy) is 3. The SMILES string of the molecule is CCC(C)C(=O)OCC(C)C(c1ccc(OC(=O)C(C)C)c(OC(=O)C(C)C)c1)[C@H](N)C(=O)O. The molecule has 3 N–H and O–H groups in total. The third-order valence-electron chi connectivity index (χ3n) is 5.50. The quantitative estimate of drug-likeness (QED) is 0.340. The molecule has 0 aliphatic rings. The van der Waals surface area contributed by atoms with Crippen molar-refractivity contribution in [3.8, 4) is 11.5 Å². The second-order valence-electron chi connectivity index (χ2n) is 9.16. The Morgan fingerprint density at radius 3 is 1.88 bits per heavy atom. The van der Waals surface area contributed by atoms with Gasteiger partial charge in [-0.1, -0.05) is 54.5 Å². The second kappa shape index (κ2) is 13.1. The summed E-state index contributed by atoms with van der Waals surface area (Å²) in [6.45, 7) is 11.9. The fraction of sp³-hybridized carbons (Fsp3) is 0.600. The first kappa shape index (κ1) is 29.1. The summed E-state index contributed by atoms with van der Waals surface area (Å²) in [4.78, 5) is 48.3. The summed E-state index contributed by atoms with van der Waals surface area (Å²) in [5, 5.41) is 9.60. The molecule has 1 aromatic carbocycles. The minimum atomic E-state index is -1.32.